The predicted octanol–water partition coefficient (Wildman–Crippen LogP) is 3.72. The Morgan fingerprint density at radius 2 is 1.72 bits per heavy atom. The average Bonchev–Trinajstić information content (AvgIpc) is 2.52. The van der Waals surface area contributed by atoms with Gasteiger partial charge in [-0.25, -0.2) is 0 Å². The Bertz CT molecular complexity index is 589. The fraction of sp³-hybridized carbons (Fsp3) is 0.632. The highest BCUT2D eigenvalue weighted by Gasteiger charge is 2.33. The number of carbonyl (C=O) groups is 1. The molecule has 0 radical (unpaired) electrons. The molecule has 0 spiro atoms. The van der Waals surface area contributed by atoms with Crippen LogP contribution in [0.4, 0.5) is 5.69 Å². The van der Waals surface area contributed by atoms with Crippen LogP contribution in [-0.4, -0.2) is 41.9 Å². The first-order valence-electron chi connectivity index (χ1n) is 8.73. The number of likely N-dealkylation sites (N-methyl/N-ethyl adjacent to an activating group) is 1. The Morgan fingerprint density at radius 3 is 2.16 bits per heavy atom. The summed E-state index contributed by atoms with van der Waals surface area (Å²) >= 11 is 0. The van der Waals surface area contributed by atoms with E-state index in [2.05, 4.69) is 51.8 Å². The number of benzene rings is 1. The molecule has 25 heavy (non-hydrogen) atoms. The smallest absolute Gasteiger partial charge is 0.269 e. The van der Waals surface area contributed by atoms with Gasteiger partial charge in [0.05, 0.1) is 4.92 Å². The normalized spacial score (nSPS) is 12.3. The molecule has 0 heterocycles. The summed E-state index contributed by atoms with van der Waals surface area (Å²) in [5.74, 6) is -0.207. The SMILES string of the molecule is CCN(CCNC(=O)c1ccc([N+](=O)[O-])cc1)CC(C)(C)C(C)(C)C. The summed E-state index contributed by atoms with van der Waals surface area (Å²) in [6, 6.07) is 5.65. The van der Waals surface area contributed by atoms with E-state index in [4.69, 9.17) is 0 Å². The van der Waals surface area contributed by atoms with E-state index in [1.54, 1.807) is 0 Å². The van der Waals surface area contributed by atoms with Gasteiger partial charge in [-0.3, -0.25) is 14.9 Å². The van der Waals surface area contributed by atoms with Crippen LogP contribution in [0.25, 0.3) is 0 Å². The van der Waals surface area contributed by atoms with Crippen LogP contribution in [0.15, 0.2) is 24.3 Å². The van der Waals surface area contributed by atoms with Crippen molar-refractivity contribution in [3.8, 4) is 0 Å². The molecule has 0 aliphatic carbocycles. The molecule has 1 rings (SSSR count). The van der Waals surface area contributed by atoms with Gasteiger partial charge in [-0.1, -0.05) is 41.5 Å². The Hall–Kier alpha value is -1.95. The molecule has 1 aromatic rings. The zero-order valence-electron chi connectivity index (χ0n) is 16.3. The zero-order chi connectivity index (χ0) is 19.3. The van der Waals surface area contributed by atoms with E-state index < -0.39 is 4.92 Å². The molecule has 6 heteroatoms. The molecule has 1 aromatic carbocycles. The molecule has 0 unspecified atom stereocenters. The Labute approximate surface area is 150 Å². The van der Waals surface area contributed by atoms with Crippen LogP contribution in [-0.2, 0) is 0 Å². The number of hydrogen-bond donors (Lipinski definition) is 1. The van der Waals surface area contributed by atoms with E-state index in [0.29, 0.717) is 12.1 Å². The standard InChI is InChI=1S/C19H31N3O3/c1-7-21(14-19(5,6)18(2,3)4)13-12-20-17(23)15-8-10-16(11-9-15)22(24)25/h8-11H,7,12-14H2,1-6H3,(H,20,23). The molecular formula is C19H31N3O3. The molecule has 1 N–H and O–H groups in total. The lowest BCUT2D eigenvalue weighted by atomic mass is 9.69. The van der Waals surface area contributed by atoms with Crippen LogP contribution in [0.3, 0.4) is 0 Å². The van der Waals surface area contributed by atoms with E-state index in [9.17, 15) is 14.9 Å². The molecule has 0 atom stereocenters. The third-order valence-corrected chi connectivity index (χ3v) is 5.15. The fourth-order valence-electron chi connectivity index (χ4n) is 2.31. The summed E-state index contributed by atoms with van der Waals surface area (Å²) in [6.45, 7) is 16.6. The van der Waals surface area contributed by atoms with Crippen molar-refractivity contribution in [2.45, 2.75) is 41.5 Å². The van der Waals surface area contributed by atoms with Crippen molar-refractivity contribution in [1.82, 2.24) is 10.2 Å². The number of nitro benzene ring substituents is 1. The molecule has 140 valence electrons. The molecule has 0 saturated carbocycles. The lowest BCUT2D eigenvalue weighted by Crippen LogP contribution is -2.44. The van der Waals surface area contributed by atoms with E-state index in [0.717, 1.165) is 19.6 Å². The Morgan fingerprint density at radius 1 is 1.16 bits per heavy atom. The molecule has 6 nitrogen and oxygen atoms in total. The number of nitrogens with zero attached hydrogens (tertiary/aromatic N) is 2. The number of rotatable bonds is 8. The number of carbonyl (C=O) groups excluding carboxylic acids is 1. The van der Waals surface area contributed by atoms with Crippen molar-refractivity contribution in [3.05, 3.63) is 39.9 Å². The van der Waals surface area contributed by atoms with Crippen molar-refractivity contribution < 1.29 is 9.72 Å². The van der Waals surface area contributed by atoms with E-state index in [1.807, 2.05) is 0 Å². The topological polar surface area (TPSA) is 75.5 Å². The highest BCUT2D eigenvalue weighted by Crippen LogP contribution is 2.38. The molecule has 1 amide bonds. The fourth-order valence-corrected chi connectivity index (χ4v) is 2.31. The molecular weight excluding hydrogens is 318 g/mol. The second-order valence-corrected chi connectivity index (χ2v) is 8.06. The highest BCUT2D eigenvalue weighted by atomic mass is 16.6. The average molecular weight is 349 g/mol. The van der Waals surface area contributed by atoms with Crippen molar-refractivity contribution in [1.29, 1.82) is 0 Å². The molecule has 0 aromatic heterocycles. The van der Waals surface area contributed by atoms with Gasteiger partial charge in [-0.05, 0) is 29.5 Å². The number of hydrogen-bond acceptors (Lipinski definition) is 4. The maximum atomic E-state index is 12.1. The molecule has 0 bridgehead atoms. The summed E-state index contributed by atoms with van der Waals surface area (Å²) in [6.07, 6.45) is 0. The van der Waals surface area contributed by atoms with Crippen molar-refractivity contribution in [3.63, 3.8) is 0 Å². The summed E-state index contributed by atoms with van der Waals surface area (Å²) < 4.78 is 0. The second-order valence-electron chi connectivity index (χ2n) is 8.06. The first-order chi connectivity index (χ1) is 11.5. The highest BCUT2D eigenvalue weighted by molar-refractivity contribution is 5.94. The maximum Gasteiger partial charge on any atom is 0.269 e. The molecule has 0 aliphatic rings. The molecule has 0 saturated heterocycles. The summed E-state index contributed by atoms with van der Waals surface area (Å²) in [4.78, 5) is 24.6. The van der Waals surface area contributed by atoms with Gasteiger partial charge in [0.25, 0.3) is 11.6 Å². The Balaban J connectivity index is 2.54. The van der Waals surface area contributed by atoms with Crippen LogP contribution in [0, 0.1) is 20.9 Å². The third-order valence-electron chi connectivity index (χ3n) is 5.15. The van der Waals surface area contributed by atoms with Crippen molar-refractivity contribution in [2.24, 2.45) is 10.8 Å². The van der Waals surface area contributed by atoms with Gasteiger partial charge in [0, 0.05) is 37.3 Å². The van der Waals surface area contributed by atoms with Crippen LogP contribution < -0.4 is 5.32 Å². The van der Waals surface area contributed by atoms with Crippen LogP contribution in [0.5, 0.6) is 0 Å². The van der Waals surface area contributed by atoms with E-state index >= 15 is 0 Å². The number of amides is 1. The zero-order valence-corrected chi connectivity index (χ0v) is 16.3. The van der Waals surface area contributed by atoms with Gasteiger partial charge in [0.2, 0.25) is 0 Å². The maximum absolute atomic E-state index is 12.1. The third kappa shape index (κ3) is 6.12. The van der Waals surface area contributed by atoms with E-state index in [-0.39, 0.29) is 22.4 Å². The minimum atomic E-state index is -0.474. The number of nitro groups is 1. The van der Waals surface area contributed by atoms with Crippen LogP contribution in [0.1, 0.15) is 51.9 Å². The summed E-state index contributed by atoms with van der Waals surface area (Å²) in [5.41, 5.74) is 0.773. The minimum Gasteiger partial charge on any atom is -0.351 e. The van der Waals surface area contributed by atoms with Gasteiger partial charge < -0.3 is 10.2 Å². The van der Waals surface area contributed by atoms with E-state index in [1.165, 1.54) is 24.3 Å². The van der Waals surface area contributed by atoms with Crippen LogP contribution in [0.2, 0.25) is 0 Å². The second kappa shape index (κ2) is 8.43. The lowest BCUT2D eigenvalue weighted by molar-refractivity contribution is -0.384. The molecule has 0 aliphatic heterocycles. The van der Waals surface area contributed by atoms with Gasteiger partial charge in [-0.2, -0.15) is 0 Å². The van der Waals surface area contributed by atoms with Crippen molar-refractivity contribution >= 4 is 11.6 Å². The van der Waals surface area contributed by atoms with Crippen LogP contribution >= 0.6 is 0 Å². The minimum absolute atomic E-state index is 0.0156. The number of non-ortho nitro benzene ring substituents is 1. The quantitative estimate of drug-likeness (QED) is 0.573. The van der Waals surface area contributed by atoms with Crippen molar-refractivity contribution in [2.75, 3.05) is 26.2 Å². The largest absolute Gasteiger partial charge is 0.351 e. The number of nitrogens with one attached hydrogen (secondary N) is 1. The van der Waals surface area contributed by atoms with Gasteiger partial charge in [0.15, 0.2) is 0 Å². The van der Waals surface area contributed by atoms with Gasteiger partial charge in [-0.15, -0.1) is 0 Å². The summed E-state index contributed by atoms with van der Waals surface area (Å²) in [7, 11) is 0. The van der Waals surface area contributed by atoms with Gasteiger partial charge in [0.1, 0.15) is 0 Å². The predicted molar refractivity (Wildman–Crippen MR) is 101 cm³/mol. The lowest BCUT2D eigenvalue weighted by Gasteiger charge is -2.42. The monoisotopic (exact) mass is 349 g/mol. The first-order valence-corrected chi connectivity index (χ1v) is 8.73. The summed E-state index contributed by atoms with van der Waals surface area (Å²) in [5, 5.41) is 13.5. The first kappa shape index (κ1) is 21.1. The van der Waals surface area contributed by atoms with Gasteiger partial charge >= 0.3 is 0 Å². The Kier molecular flexibility index (Phi) is 7.11. The molecule has 0 fully saturated rings.